The van der Waals surface area contributed by atoms with Crippen molar-refractivity contribution in [2.45, 2.75) is 46.1 Å². The van der Waals surface area contributed by atoms with Crippen molar-refractivity contribution in [1.82, 2.24) is 10.6 Å². The molecule has 120 valence electrons. The SMILES string of the molecule is CC(C)(C)NC(=O)CNCCO.CCCCN=NOO. The second-order valence-electron chi connectivity index (χ2n) is 5.08. The zero-order valence-corrected chi connectivity index (χ0v) is 12.8. The predicted molar refractivity (Wildman–Crippen MR) is 76.2 cm³/mol. The van der Waals surface area contributed by atoms with Gasteiger partial charge >= 0.3 is 0 Å². The lowest BCUT2D eigenvalue weighted by Gasteiger charge is -2.20. The largest absolute Gasteiger partial charge is 0.395 e. The minimum Gasteiger partial charge on any atom is -0.395 e. The molecule has 0 spiro atoms. The van der Waals surface area contributed by atoms with Crippen LogP contribution in [0.1, 0.15) is 40.5 Å². The van der Waals surface area contributed by atoms with Crippen LogP contribution in [0.15, 0.2) is 10.4 Å². The maximum atomic E-state index is 11.1. The molecule has 0 saturated carbocycles. The van der Waals surface area contributed by atoms with E-state index in [-0.39, 0.29) is 24.6 Å². The number of aliphatic hydroxyl groups is 1. The lowest BCUT2D eigenvalue weighted by atomic mass is 10.1. The molecule has 0 radical (unpaired) electrons. The van der Waals surface area contributed by atoms with E-state index in [1.165, 1.54) is 0 Å². The second-order valence-corrected chi connectivity index (χ2v) is 5.08. The number of hydrogen-bond donors (Lipinski definition) is 4. The van der Waals surface area contributed by atoms with Gasteiger partial charge in [0.25, 0.3) is 0 Å². The molecular weight excluding hydrogens is 264 g/mol. The Bertz CT molecular complexity index is 254. The van der Waals surface area contributed by atoms with Crippen LogP contribution in [0.5, 0.6) is 0 Å². The molecule has 0 aliphatic heterocycles. The van der Waals surface area contributed by atoms with Crippen LogP contribution in [-0.4, -0.2) is 48.1 Å². The molecule has 0 atom stereocenters. The molecule has 4 N–H and O–H groups in total. The summed E-state index contributed by atoms with van der Waals surface area (Å²) in [5.41, 5.74) is -0.183. The molecule has 0 unspecified atom stereocenters. The number of nitrogens with one attached hydrogen (secondary N) is 2. The molecule has 0 rings (SSSR count). The molecule has 0 fully saturated rings. The minimum absolute atomic E-state index is 0.0454. The van der Waals surface area contributed by atoms with Crippen molar-refractivity contribution in [1.29, 1.82) is 0 Å². The first kappa shape index (κ1) is 21.1. The quantitative estimate of drug-likeness (QED) is 0.232. The van der Waals surface area contributed by atoms with Gasteiger partial charge in [0.2, 0.25) is 5.91 Å². The van der Waals surface area contributed by atoms with Gasteiger partial charge in [-0.15, -0.1) is 0 Å². The van der Waals surface area contributed by atoms with Crippen molar-refractivity contribution >= 4 is 5.91 Å². The van der Waals surface area contributed by atoms with Crippen LogP contribution in [-0.2, 0) is 9.78 Å². The van der Waals surface area contributed by atoms with Gasteiger partial charge in [-0.2, -0.15) is 10.4 Å². The van der Waals surface area contributed by atoms with Crippen molar-refractivity contribution in [3.8, 4) is 0 Å². The smallest absolute Gasteiger partial charge is 0.234 e. The number of amides is 1. The van der Waals surface area contributed by atoms with Gasteiger partial charge < -0.3 is 15.7 Å². The fourth-order valence-corrected chi connectivity index (χ4v) is 1.04. The zero-order chi connectivity index (χ0) is 15.9. The number of aliphatic hydroxyl groups excluding tert-OH is 1. The number of carbonyl (C=O) groups excluding carboxylic acids is 1. The lowest BCUT2D eigenvalue weighted by molar-refractivity contribution is -0.251. The summed E-state index contributed by atoms with van der Waals surface area (Å²) in [4.78, 5) is 14.4. The summed E-state index contributed by atoms with van der Waals surface area (Å²) in [5.74, 6) is -0.0454. The summed E-state index contributed by atoms with van der Waals surface area (Å²) >= 11 is 0. The molecule has 0 bridgehead atoms. The molecule has 0 aromatic heterocycles. The summed E-state index contributed by atoms with van der Waals surface area (Å²) in [6, 6.07) is 0. The van der Waals surface area contributed by atoms with Gasteiger partial charge in [-0.3, -0.25) is 4.79 Å². The molecular formula is C12H28N4O4. The molecule has 0 aromatic rings. The third-order valence-electron chi connectivity index (χ3n) is 1.79. The van der Waals surface area contributed by atoms with Crippen LogP contribution < -0.4 is 10.6 Å². The van der Waals surface area contributed by atoms with Crippen LogP contribution in [0, 0.1) is 0 Å². The molecule has 0 heterocycles. The highest BCUT2D eigenvalue weighted by atomic mass is 17.2. The van der Waals surface area contributed by atoms with Gasteiger partial charge in [-0.1, -0.05) is 13.3 Å². The number of carbonyl (C=O) groups is 1. The Morgan fingerprint density at radius 3 is 2.45 bits per heavy atom. The molecule has 1 amide bonds. The number of rotatable bonds is 8. The number of nitrogens with zero attached hydrogens (tertiary/aromatic N) is 2. The minimum atomic E-state index is -0.183. The lowest BCUT2D eigenvalue weighted by Crippen LogP contribution is -2.45. The van der Waals surface area contributed by atoms with Gasteiger partial charge in [0.1, 0.15) is 0 Å². The number of hydrogen-bond acceptors (Lipinski definition) is 7. The summed E-state index contributed by atoms with van der Waals surface area (Å²) < 4.78 is 0. The van der Waals surface area contributed by atoms with Gasteiger partial charge in [-0.05, 0) is 27.2 Å². The standard InChI is InChI=1S/C8H18N2O2.C4H10N2O2/c1-8(2,3)10-7(12)6-9-4-5-11;1-2-3-4-5-6-8-7/h9,11H,4-6H2,1-3H3,(H,10,12);7H,2-4H2,1H3. The predicted octanol–water partition coefficient (Wildman–Crippen LogP) is 1.13. The molecule has 0 saturated heterocycles. The highest BCUT2D eigenvalue weighted by molar-refractivity contribution is 5.78. The Balaban J connectivity index is 0. The van der Waals surface area contributed by atoms with E-state index in [1.807, 2.05) is 20.8 Å². The normalized spacial score (nSPS) is 10.9. The van der Waals surface area contributed by atoms with Crippen LogP contribution in [0.25, 0.3) is 0 Å². The maximum absolute atomic E-state index is 11.1. The van der Waals surface area contributed by atoms with E-state index in [4.69, 9.17) is 10.4 Å². The summed E-state index contributed by atoms with van der Waals surface area (Å²) in [6.07, 6.45) is 2.05. The Kier molecular flexibility index (Phi) is 14.9. The van der Waals surface area contributed by atoms with Gasteiger partial charge in [-0.25, -0.2) is 4.99 Å². The summed E-state index contributed by atoms with van der Waals surface area (Å²) in [6.45, 7) is 9.23. The molecule has 0 aliphatic rings. The van der Waals surface area contributed by atoms with Crippen molar-refractivity contribution in [3.05, 3.63) is 0 Å². The monoisotopic (exact) mass is 292 g/mol. The molecule has 20 heavy (non-hydrogen) atoms. The third-order valence-corrected chi connectivity index (χ3v) is 1.79. The van der Waals surface area contributed by atoms with Gasteiger partial charge in [0.05, 0.1) is 25.0 Å². The second kappa shape index (κ2) is 14.2. The molecule has 8 heteroatoms. The maximum Gasteiger partial charge on any atom is 0.234 e. The van der Waals surface area contributed by atoms with E-state index in [9.17, 15) is 4.79 Å². The molecule has 0 aliphatic carbocycles. The van der Waals surface area contributed by atoms with Crippen LogP contribution in [0.4, 0.5) is 0 Å². The van der Waals surface area contributed by atoms with E-state index in [0.717, 1.165) is 12.8 Å². The van der Waals surface area contributed by atoms with E-state index in [0.29, 0.717) is 13.1 Å². The van der Waals surface area contributed by atoms with Crippen molar-refractivity contribution in [2.75, 3.05) is 26.2 Å². The summed E-state index contributed by atoms with van der Waals surface area (Å²) in [5, 5.41) is 27.9. The third kappa shape index (κ3) is 22.0. The number of unbranched alkanes of at least 4 members (excludes halogenated alkanes) is 1. The molecule has 8 nitrogen and oxygen atoms in total. The van der Waals surface area contributed by atoms with Crippen molar-refractivity contribution < 1.29 is 20.1 Å². The topological polar surface area (TPSA) is 116 Å². The zero-order valence-electron chi connectivity index (χ0n) is 12.8. The van der Waals surface area contributed by atoms with Gasteiger partial charge in [0, 0.05) is 12.1 Å². The van der Waals surface area contributed by atoms with Crippen LogP contribution in [0.2, 0.25) is 0 Å². The first-order chi connectivity index (χ1) is 9.37. The fourth-order valence-electron chi connectivity index (χ4n) is 1.04. The van der Waals surface area contributed by atoms with E-state index < -0.39 is 0 Å². The molecule has 0 aromatic carbocycles. The average molecular weight is 292 g/mol. The van der Waals surface area contributed by atoms with E-state index >= 15 is 0 Å². The van der Waals surface area contributed by atoms with Crippen LogP contribution >= 0.6 is 0 Å². The Morgan fingerprint density at radius 2 is 2.00 bits per heavy atom. The van der Waals surface area contributed by atoms with Crippen molar-refractivity contribution in [2.24, 2.45) is 10.4 Å². The highest BCUT2D eigenvalue weighted by Gasteiger charge is 2.12. The van der Waals surface area contributed by atoms with E-state index in [1.54, 1.807) is 0 Å². The van der Waals surface area contributed by atoms with Gasteiger partial charge in [0.15, 0.2) is 0 Å². The highest BCUT2D eigenvalue weighted by Crippen LogP contribution is 1.96. The summed E-state index contributed by atoms with van der Waals surface area (Å²) in [7, 11) is 0. The Labute approximate surface area is 120 Å². The van der Waals surface area contributed by atoms with Crippen molar-refractivity contribution in [3.63, 3.8) is 0 Å². The Hall–Kier alpha value is -1.25. The Morgan fingerprint density at radius 1 is 1.35 bits per heavy atom. The first-order valence-corrected chi connectivity index (χ1v) is 6.67. The van der Waals surface area contributed by atoms with E-state index in [2.05, 4.69) is 32.9 Å². The first-order valence-electron chi connectivity index (χ1n) is 6.67. The van der Waals surface area contributed by atoms with Crippen LogP contribution in [0.3, 0.4) is 0 Å². The fraction of sp³-hybridized carbons (Fsp3) is 0.917. The average Bonchev–Trinajstić information content (AvgIpc) is 2.34.